The first-order valence-corrected chi connectivity index (χ1v) is 5.96. The third-order valence-electron chi connectivity index (χ3n) is 1.23. The molecule has 2 nitrogen and oxygen atoms in total. The van der Waals surface area contributed by atoms with E-state index in [1.807, 2.05) is 41.5 Å². The summed E-state index contributed by atoms with van der Waals surface area (Å²) in [6.45, 7) is 18.3. The van der Waals surface area contributed by atoms with Crippen molar-refractivity contribution in [2.75, 3.05) is 13.1 Å². The van der Waals surface area contributed by atoms with E-state index in [0.717, 1.165) is 13.1 Å². The summed E-state index contributed by atoms with van der Waals surface area (Å²) in [7, 11) is 0. The molecule has 1 heterocycles. The highest BCUT2D eigenvalue weighted by atomic mass is 15.2. The van der Waals surface area contributed by atoms with Crippen LogP contribution in [0.4, 0.5) is 0 Å². The van der Waals surface area contributed by atoms with Crippen LogP contribution in [0.15, 0.2) is 11.4 Å². The van der Waals surface area contributed by atoms with E-state index >= 15 is 0 Å². The molecule has 1 aliphatic heterocycles. The van der Waals surface area contributed by atoms with E-state index in [0.29, 0.717) is 0 Å². The lowest BCUT2D eigenvalue weighted by Crippen LogP contribution is -2.11. The molecule has 2 heteroatoms. The van der Waals surface area contributed by atoms with Gasteiger partial charge in [-0.25, -0.2) is 0 Å². The minimum absolute atomic E-state index is 1.07. The van der Waals surface area contributed by atoms with E-state index in [2.05, 4.69) is 24.5 Å². The fourth-order valence-corrected chi connectivity index (χ4v) is 0.791. The van der Waals surface area contributed by atoms with E-state index in [9.17, 15) is 0 Å². The minimum atomic E-state index is 1.07. The maximum Gasteiger partial charge on any atom is 0.0973 e. The molecule has 0 aromatic carbocycles. The Kier molecular flexibility index (Phi) is 24.7. The molecular formula is C12H30N2. The van der Waals surface area contributed by atoms with Gasteiger partial charge < -0.3 is 10.6 Å². The van der Waals surface area contributed by atoms with Crippen molar-refractivity contribution < 1.29 is 0 Å². The van der Waals surface area contributed by atoms with Crippen molar-refractivity contribution in [2.45, 2.75) is 55.4 Å². The van der Waals surface area contributed by atoms with Gasteiger partial charge in [-0.3, -0.25) is 0 Å². The molecule has 1 saturated heterocycles. The topological polar surface area (TPSA) is 24.1 Å². The zero-order valence-corrected chi connectivity index (χ0v) is 11.4. The lowest BCUT2D eigenvalue weighted by atomic mass is 10.3. The molecule has 0 unspecified atom stereocenters. The number of hydrogen-bond acceptors (Lipinski definition) is 2. The number of rotatable bonds is 0. The second-order valence-electron chi connectivity index (χ2n) is 2.23. The maximum atomic E-state index is 3.22. The summed E-state index contributed by atoms with van der Waals surface area (Å²) in [6.07, 6.45) is 0. The predicted molar refractivity (Wildman–Crippen MR) is 68.4 cm³/mol. The maximum absolute atomic E-state index is 3.22. The Morgan fingerprint density at radius 3 is 1.21 bits per heavy atom. The number of nitrogens with one attached hydrogen (secondary N) is 2. The van der Waals surface area contributed by atoms with Gasteiger partial charge in [-0.2, -0.15) is 0 Å². The van der Waals surface area contributed by atoms with E-state index in [1.165, 1.54) is 11.4 Å². The van der Waals surface area contributed by atoms with Crippen molar-refractivity contribution in [3.05, 3.63) is 11.4 Å². The second kappa shape index (κ2) is 18.2. The third-order valence-corrected chi connectivity index (χ3v) is 1.23. The van der Waals surface area contributed by atoms with Crippen molar-refractivity contribution in [2.24, 2.45) is 0 Å². The Labute approximate surface area is 91.2 Å². The van der Waals surface area contributed by atoms with Gasteiger partial charge >= 0.3 is 0 Å². The Balaban J connectivity index is -0.000000174. The summed E-state index contributed by atoms with van der Waals surface area (Å²) in [4.78, 5) is 0. The van der Waals surface area contributed by atoms with Crippen LogP contribution in [0.2, 0.25) is 0 Å². The molecule has 0 bridgehead atoms. The van der Waals surface area contributed by atoms with Crippen LogP contribution in [0.25, 0.3) is 0 Å². The zero-order valence-electron chi connectivity index (χ0n) is 11.4. The molecule has 2 N–H and O–H groups in total. The molecule has 0 atom stereocenters. The largest absolute Gasteiger partial charge is 0.370 e. The van der Waals surface area contributed by atoms with Gasteiger partial charge in [-0.1, -0.05) is 41.5 Å². The van der Waals surface area contributed by atoms with Crippen LogP contribution in [-0.2, 0) is 0 Å². The van der Waals surface area contributed by atoms with Gasteiger partial charge in [0.25, 0.3) is 0 Å². The summed E-state index contributed by atoms with van der Waals surface area (Å²) in [6, 6.07) is 0. The molecule has 14 heavy (non-hydrogen) atoms. The van der Waals surface area contributed by atoms with Crippen LogP contribution in [0.5, 0.6) is 0 Å². The summed E-state index contributed by atoms with van der Waals surface area (Å²) >= 11 is 0. The lowest BCUT2D eigenvalue weighted by molar-refractivity contribution is 0.920. The molecule has 0 aliphatic carbocycles. The quantitative estimate of drug-likeness (QED) is 0.628. The molecule has 1 fully saturated rings. The van der Waals surface area contributed by atoms with Crippen molar-refractivity contribution in [3.63, 3.8) is 0 Å². The van der Waals surface area contributed by atoms with Gasteiger partial charge in [0.1, 0.15) is 0 Å². The van der Waals surface area contributed by atoms with Crippen molar-refractivity contribution in [1.29, 1.82) is 0 Å². The van der Waals surface area contributed by atoms with Gasteiger partial charge in [0.05, 0.1) is 5.82 Å². The molecule has 0 radical (unpaired) electrons. The Bertz CT molecular complexity index is 105. The van der Waals surface area contributed by atoms with E-state index in [4.69, 9.17) is 0 Å². The van der Waals surface area contributed by atoms with Crippen LogP contribution >= 0.6 is 0 Å². The lowest BCUT2D eigenvalue weighted by Gasteiger charge is -1.99. The fourth-order valence-electron chi connectivity index (χ4n) is 0.791. The highest BCUT2D eigenvalue weighted by Crippen LogP contribution is 1.97. The standard InChI is InChI=1S/C6H12N2.3C2H6/c1-5(2)6-7-3-4-8-6;3*1-2/h7-8H,3-4H2,1-2H3;3*1-2H3. The molecule has 0 aromatic rings. The van der Waals surface area contributed by atoms with Crippen LogP contribution < -0.4 is 10.6 Å². The summed E-state index contributed by atoms with van der Waals surface area (Å²) in [5.74, 6) is 1.21. The smallest absolute Gasteiger partial charge is 0.0973 e. The van der Waals surface area contributed by atoms with E-state index in [-0.39, 0.29) is 0 Å². The monoisotopic (exact) mass is 202 g/mol. The first kappa shape index (κ1) is 19.0. The minimum Gasteiger partial charge on any atom is -0.370 e. The second-order valence-corrected chi connectivity index (χ2v) is 2.23. The normalized spacial score (nSPS) is 11.3. The molecule has 0 saturated carbocycles. The molecule has 1 aliphatic rings. The Morgan fingerprint density at radius 2 is 1.07 bits per heavy atom. The highest BCUT2D eigenvalue weighted by molar-refractivity contribution is 5.08. The average molecular weight is 202 g/mol. The summed E-state index contributed by atoms with van der Waals surface area (Å²) in [5, 5.41) is 6.45. The first-order valence-electron chi connectivity index (χ1n) is 5.96. The fraction of sp³-hybridized carbons (Fsp3) is 0.833. The van der Waals surface area contributed by atoms with Crippen molar-refractivity contribution in [1.82, 2.24) is 10.6 Å². The van der Waals surface area contributed by atoms with E-state index < -0.39 is 0 Å². The molecule has 0 spiro atoms. The average Bonchev–Trinajstić information content (AvgIpc) is 2.80. The number of hydrogen-bond donors (Lipinski definition) is 2. The van der Waals surface area contributed by atoms with Crippen LogP contribution in [-0.4, -0.2) is 13.1 Å². The summed E-state index contributed by atoms with van der Waals surface area (Å²) in [5.41, 5.74) is 1.34. The Hall–Kier alpha value is -0.660. The zero-order chi connectivity index (χ0) is 12.0. The first-order chi connectivity index (χ1) is 6.80. The molecule has 0 aromatic heterocycles. The van der Waals surface area contributed by atoms with Gasteiger partial charge in [-0.05, 0) is 19.4 Å². The van der Waals surface area contributed by atoms with Gasteiger partial charge in [0, 0.05) is 13.1 Å². The molecular weight excluding hydrogens is 172 g/mol. The van der Waals surface area contributed by atoms with Gasteiger partial charge in [0.15, 0.2) is 0 Å². The highest BCUT2D eigenvalue weighted by Gasteiger charge is 2.02. The van der Waals surface area contributed by atoms with Crippen molar-refractivity contribution in [3.8, 4) is 0 Å². The SMILES string of the molecule is CC.CC.CC.CC(C)=C1NCCN1. The third kappa shape index (κ3) is 11.3. The van der Waals surface area contributed by atoms with Crippen LogP contribution in [0.1, 0.15) is 55.4 Å². The van der Waals surface area contributed by atoms with Crippen LogP contribution in [0, 0.1) is 0 Å². The predicted octanol–water partition coefficient (Wildman–Crippen LogP) is 3.51. The summed E-state index contributed by atoms with van der Waals surface area (Å²) < 4.78 is 0. The van der Waals surface area contributed by atoms with Gasteiger partial charge in [0.2, 0.25) is 0 Å². The number of allylic oxidation sites excluding steroid dienone is 1. The van der Waals surface area contributed by atoms with Crippen molar-refractivity contribution >= 4 is 0 Å². The molecule has 1 rings (SSSR count). The Morgan fingerprint density at radius 1 is 0.786 bits per heavy atom. The van der Waals surface area contributed by atoms with Gasteiger partial charge in [-0.15, -0.1) is 0 Å². The molecule has 0 amide bonds. The molecule has 88 valence electrons. The van der Waals surface area contributed by atoms with Crippen LogP contribution in [0.3, 0.4) is 0 Å². The van der Waals surface area contributed by atoms with E-state index in [1.54, 1.807) is 0 Å².